The van der Waals surface area contributed by atoms with Crippen LogP contribution in [0.2, 0.25) is 0 Å². The summed E-state index contributed by atoms with van der Waals surface area (Å²) in [5, 5.41) is 9.40. The zero-order valence-corrected chi connectivity index (χ0v) is 12.1. The van der Waals surface area contributed by atoms with Crippen LogP contribution in [-0.4, -0.2) is 25.9 Å². The smallest absolute Gasteiger partial charge is 0.222 e. The summed E-state index contributed by atoms with van der Waals surface area (Å²) in [6, 6.07) is 9.60. The summed E-state index contributed by atoms with van der Waals surface area (Å²) in [6.45, 7) is 0.320. The molecule has 0 aliphatic rings. The molecule has 0 unspecified atom stereocenters. The van der Waals surface area contributed by atoms with Gasteiger partial charge in [0.2, 0.25) is 5.88 Å². The average Bonchev–Trinajstić information content (AvgIpc) is 2.88. The molecule has 3 aromatic rings. The Morgan fingerprint density at radius 1 is 1.32 bits per heavy atom. The van der Waals surface area contributed by atoms with Crippen LogP contribution >= 0.6 is 0 Å². The minimum atomic E-state index is 0.320. The number of benzene rings is 1. The third-order valence-corrected chi connectivity index (χ3v) is 3.29. The first-order valence-electron chi connectivity index (χ1n) is 6.71. The van der Waals surface area contributed by atoms with Gasteiger partial charge in [0.25, 0.3) is 0 Å². The number of ether oxygens (including phenoxy) is 1. The first kappa shape index (κ1) is 14.0. The second-order valence-electron chi connectivity index (χ2n) is 4.90. The average molecular weight is 296 g/mol. The van der Waals surface area contributed by atoms with Crippen LogP contribution < -0.4 is 10.6 Å². The predicted molar refractivity (Wildman–Crippen MR) is 83.5 cm³/mol. The Morgan fingerprint density at radius 3 is 3.00 bits per heavy atom. The van der Waals surface area contributed by atoms with Crippen LogP contribution in [0.4, 0.5) is 0 Å². The van der Waals surface area contributed by atoms with Crippen molar-refractivity contribution in [2.45, 2.75) is 6.54 Å². The van der Waals surface area contributed by atoms with E-state index in [1.54, 1.807) is 6.07 Å². The van der Waals surface area contributed by atoms with Crippen LogP contribution in [-0.2, 0) is 13.6 Å². The summed E-state index contributed by atoms with van der Waals surface area (Å²) < 4.78 is 7.83. The number of rotatable bonds is 5. The van der Waals surface area contributed by atoms with E-state index in [4.69, 9.17) is 16.0 Å². The highest BCUT2D eigenvalue weighted by Crippen LogP contribution is 2.25. The molecule has 112 valence electrons. The van der Waals surface area contributed by atoms with Crippen LogP contribution in [0, 0.1) is 5.41 Å². The molecule has 0 aliphatic heterocycles. The molecule has 0 saturated heterocycles. The lowest BCUT2D eigenvalue weighted by Gasteiger charge is -2.11. The maximum Gasteiger partial charge on any atom is 0.222 e. The third kappa shape index (κ3) is 2.89. The number of nitrogens with zero attached hydrogens (tertiary/aromatic N) is 4. The van der Waals surface area contributed by atoms with Gasteiger partial charge in [0, 0.05) is 30.2 Å². The summed E-state index contributed by atoms with van der Waals surface area (Å²) in [6.07, 6.45) is 4.46. The highest BCUT2D eigenvalue weighted by molar-refractivity contribution is 5.81. The summed E-state index contributed by atoms with van der Waals surface area (Å²) in [5.41, 5.74) is 1.82. The van der Waals surface area contributed by atoms with E-state index in [2.05, 4.69) is 14.5 Å². The molecule has 0 atom stereocenters. The standard InChI is InChI=1S/C15H16N6O/c1-20-5-4-11-6-13(2-3-14(11)20)22-15-7-12(18-10-19-15)8-21(17)9-16/h2-7,9-10,16H,8,17H2,1H3. The van der Waals surface area contributed by atoms with E-state index in [1.165, 1.54) is 11.3 Å². The van der Waals surface area contributed by atoms with Gasteiger partial charge in [-0.05, 0) is 24.3 Å². The second-order valence-corrected chi connectivity index (χ2v) is 4.90. The van der Waals surface area contributed by atoms with E-state index in [1.807, 2.05) is 37.5 Å². The summed E-state index contributed by atoms with van der Waals surface area (Å²) in [7, 11) is 2.00. The van der Waals surface area contributed by atoms with Crippen molar-refractivity contribution < 1.29 is 4.74 Å². The van der Waals surface area contributed by atoms with Gasteiger partial charge in [0.15, 0.2) is 0 Å². The summed E-state index contributed by atoms with van der Waals surface area (Å²) >= 11 is 0. The Bertz CT molecular complexity index is 813. The Hall–Kier alpha value is -2.93. The van der Waals surface area contributed by atoms with Gasteiger partial charge in [-0.2, -0.15) is 0 Å². The molecule has 0 saturated carbocycles. The molecule has 3 N–H and O–H groups in total. The van der Waals surface area contributed by atoms with E-state index >= 15 is 0 Å². The topological polar surface area (TPSA) is 93.1 Å². The number of nitrogens with two attached hydrogens (primary N) is 1. The van der Waals surface area contributed by atoms with Crippen LogP contribution in [0.3, 0.4) is 0 Å². The largest absolute Gasteiger partial charge is 0.439 e. The molecule has 22 heavy (non-hydrogen) atoms. The fourth-order valence-electron chi connectivity index (χ4n) is 2.20. The number of hydrogen-bond acceptors (Lipinski definition) is 5. The van der Waals surface area contributed by atoms with Gasteiger partial charge in [0.1, 0.15) is 12.1 Å². The van der Waals surface area contributed by atoms with E-state index in [0.717, 1.165) is 17.2 Å². The van der Waals surface area contributed by atoms with Gasteiger partial charge >= 0.3 is 0 Å². The molecule has 3 rings (SSSR count). The predicted octanol–water partition coefficient (Wildman–Crippen LogP) is 2.04. The maximum atomic E-state index is 7.07. The van der Waals surface area contributed by atoms with Gasteiger partial charge in [-0.15, -0.1) is 0 Å². The monoisotopic (exact) mass is 296 g/mol. The molecular weight excluding hydrogens is 280 g/mol. The van der Waals surface area contributed by atoms with Gasteiger partial charge in [-0.1, -0.05) is 0 Å². The minimum absolute atomic E-state index is 0.320. The van der Waals surface area contributed by atoms with Crippen molar-refractivity contribution in [2.24, 2.45) is 12.9 Å². The molecule has 7 heteroatoms. The van der Waals surface area contributed by atoms with Gasteiger partial charge < -0.3 is 9.30 Å². The number of hydrazine groups is 1. The van der Waals surface area contributed by atoms with Crippen LogP contribution in [0.25, 0.3) is 10.9 Å². The minimum Gasteiger partial charge on any atom is -0.439 e. The Morgan fingerprint density at radius 2 is 2.18 bits per heavy atom. The number of nitrogens with one attached hydrogen (secondary N) is 1. The second kappa shape index (κ2) is 5.82. The van der Waals surface area contributed by atoms with Gasteiger partial charge in [-0.25, -0.2) is 15.8 Å². The lowest BCUT2D eigenvalue weighted by atomic mass is 10.2. The fraction of sp³-hybridized carbons (Fsp3) is 0.133. The highest BCUT2D eigenvalue weighted by Gasteiger charge is 2.05. The SMILES string of the molecule is Cn1ccc2cc(Oc3cc(CN(N)C=N)ncn3)ccc21. The molecule has 1 aromatic carbocycles. The van der Waals surface area contributed by atoms with Crippen molar-refractivity contribution >= 4 is 17.2 Å². The molecule has 0 spiro atoms. The molecular formula is C15H16N6O. The number of fused-ring (bicyclic) bond motifs is 1. The molecule has 0 bridgehead atoms. The normalized spacial score (nSPS) is 10.6. The van der Waals surface area contributed by atoms with E-state index < -0.39 is 0 Å². The highest BCUT2D eigenvalue weighted by atomic mass is 16.5. The first-order chi connectivity index (χ1) is 10.7. The summed E-state index contributed by atoms with van der Waals surface area (Å²) in [5.74, 6) is 6.71. The Kier molecular flexibility index (Phi) is 3.71. The third-order valence-electron chi connectivity index (χ3n) is 3.29. The van der Waals surface area contributed by atoms with Crippen molar-refractivity contribution in [3.05, 3.63) is 48.5 Å². The molecule has 0 fully saturated rings. The zero-order valence-electron chi connectivity index (χ0n) is 12.1. The molecule has 0 radical (unpaired) electrons. The lowest BCUT2D eigenvalue weighted by Crippen LogP contribution is -2.28. The summed E-state index contributed by atoms with van der Waals surface area (Å²) in [4.78, 5) is 8.20. The quantitative estimate of drug-likeness (QED) is 0.325. The van der Waals surface area contributed by atoms with Crippen molar-refractivity contribution in [3.63, 3.8) is 0 Å². The van der Waals surface area contributed by atoms with E-state index in [-0.39, 0.29) is 0 Å². The first-order valence-corrected chi connectivity index (χ1v) is 6.71. The van der Waals surface area contributed by atoms with Crippen molar-refractivity contribution in [2.75, 3.05) is 0 Å². The fourth-order valence-corrected chi connectivity index (χ4v) is 2.20. The van der Waals surface area contributed by atoms with Gasteiger partial charge in [-0.3, -0.25) is 10.4 Å². The zero-order chi connectivity index (χ0) is 15.5. The molecule has 7 nitrogen and oxygen atoms in total. The Balaban J connectivity index is 1.81. The Labute approximate surface area is 127 Å². The van der Waals surface area contributed by atoms with E-state index in [0.29, 0.717) is 23.9 Å². The molecule has 2 aromatic heterocycles. The van der Waals surface area contributed by atoms with Crippen LogP contribution in [0.5, 0.6) is 11.6 Å². The number of aryl methyl sites for hydroxylation is 1. The van der Waals surface area contributed by atoms with Crippen molar-refractivity contribution in [3.8, 4) is 11.6 Å². The van der Waals surface area contributed by atoms with Crippen molar-refractivity contribution in [1.82, 2.24) is 19.5 Å². The lowest BCUT2D eigenvalue weighted by molar-refractivity contribution is 0.429. The van der Waals surface area contributed by atoms with E-state index in [9.17, 15) is 0 Å². The molecule has 2 heterocycles. The maximum absolute atomic E-state index is 7.07. The van der Waals surface area contributed by atoms with Gasteiger partial charge in [0.05, 0.1) is 18.6 Å². The van der Waals surface area contributed by atoms with Crippen LogP contribution in [0.15, 0.2) is 42.9 Å². The number of aromatic nitrogens is 3. The molecule has 0 amide bonds. The molecule has 0 aliphatic carbocycles. The van der Waals surface area contributed by atoms with Crippen LogP contribution in [0.1, 0.15) is 5.69 Å². The van der Waals surface area contributed by atoms with Crippen molar-refractivity contribution in [1.29, 1.82) is 5.41 Å². The number of hydrogen-bond donors (Lipinski definition) is 2.